The minimum absolute atomic E-state index is 0.00711. The number of aliphatic hydroxyl groups is 10. The van der Waals surface area contributed by atoms with E-state index in [1.54, 1.807) is 4.90 Å². The Balaban J connectivity index is 0.827. The number of likely N-dealkylation sites (tertiary alicyclic amines) is 1. The van der Waals surface area contributed by atoms with E-state index in [4.69, 9.17) is 70.8 Å². The Kier molecular flexibility index (Phi) is 57.5. The fourth-order valence-electron chi connectivity index (χ4n) is 17.3. The van der Waals surface area contributed by atoms with Gasteiger partial charge in [-0.1, -0.05) is 113 Å². The van der Waals surface area contributed by atoms with Crippen LogP contribution in [0.5, 0.6) is 0 Å². The normalized spacial score (nSPS) is 23.6. The highest BCUT2D eigenvalue weighted by Crippen LogP contribution is 2.48. The molecule has 0 aliphatic carbocycles. The predicted octanol–water partition coefficient (Wildman–Crippen LogP) is 0.916. The van der Waals surface area contributed by atoms with Gasteiger partial charge in [0.1, 0.15) is 79.1 Å². The maximum atomic E-state index is 14.8. The number of phosphoric acid groups is 1. The number of hydrogen-bond donors (Lipinski definition) is 19. The molecule has 19 N–H and O–H groups in total. The lowest BCUT2D eigenvalue weighted by Crippen LogP contribution is -2.64. The van der Waals surface area contributed by atoms with Crippen molar-refractivity contribution in [1.82, 2.24) is 58.1 Å². The fraction of sp³-hybridized carbons (Fsp3) is 0.740. The van der Waals surface area contributed by atoms with Gasteiger partial charge in [-0.05, 0) is 75.8 Å². The van der Waals surface area contributed by atoms with E-state index >= 15 is 0 Å². The van der Waals surface area contributed by atoms with Crippen LogP contribution in [0.4, 0.5) is 5.69 Å². The largest absolute Gasteiger partial charge is 0.538 e. The molecule has 146 heavy (non-hydrogen) atoms. The number of benzene rings is 2. The number of carbonyl (C=O) groups excluding carboxylic acids is 8. The Morgan fingerprint density at radius 3 is 1.58 bits per heavy atom. The second-order valence-corrected chi connectivity index (χ2v) is 39.1. The summed E-state index contributed by atoms with van der Waals surface area (Å²) in [5.74, 6) is 4.80. The van der Waals surface area contributed by atoms with Crippen LogP contribution in [-0.2, 0) is 115 Å². The van der Waals surface area contributed by atoms with Gasteiger partial charge in [0.25, 0.3) is 0 Å². The molecule has 6 aliphatic rings. The summed E-state index contributed by atoms with van der Waals surface area (Å²) in [7, 11) is -2.60. The van der Waals surface area contributed by atoms with Gasteiger partial charge in [-0.25, -0.2) is 4.57 Å². The van der Waals surface area contributed by atoms with Crippen molar-refractivity contribution in [2.24, 2.45) is 11.8 Å². The summed E-state index contributed by atoms with van der Waals surface area (Å²) in [5.41, 5.74) is 11.6. The molecule has 0 aromatic heterocycles. The highest BCUT2D eigenvalue weighted by molar-refractivity contribution is 7.48. The van der Waals surface area contributed by atoms with Crippen LogP contribution in [0.2, 0.25) is 0 Å². The number of hydrazine groups is 2. The molecule has 824 valence electrons. The van der Waals surface area contributed by atoms with Gasteiger partial charge in [-0.2, -0.15) is 0 Å². The number of aliphatic hydroxyl groups excluding tert-OH is 10. The number of phosphoric ester groups is 1. The van der Waals surface area contributed by atoms with E-state index in [-0.39, 0.29) is 180 Å². The average molecular weight is 2090 g/mol. The summed E-state index contributed by atoms with van der Waals surface area (Å²) in [6, 6.07) is 13.4. The first-order chi connectivity index (χ1) is 70.5. The van der Waals surface area contributed by atoms with Gasteiger partial charge in [0, 0.05) is 161 Å². The summed E-state index contributed by atoms with van der Waals surface area (Å²) in [6.07, 6.45) is -0.0870. The molecular formula is C100H161N12O33P. The number of rotatable bonds is 67. The summed E-state index contributed by atoms with van der Waals surface area (Å²) >= 11 is 0. The minimum atomic E-state index is -3.86. The van der Waals surface area contributed by atoms with Crippen molar-refractivity contribution in [3.63, 3.8) is 0 Å². The summed E-state index contributed by atoms with van der Waals surface area (Å²) in [4.78, 5) is 109. The number of fused-ring (bicyclic) bond motifs is 4. The Bertz CT molecular complexity index is 4340. The Morgan fingerprint density at radius 2 is 1.04 bits per heavy atom. The summed E-state index contributed by atoms with van der Waals surface area (Å²) in [6.45, 7) is 7.52. The Labute approximate surface area is 855 Å². The molecule has 6 aliphatic heterocycles. The molecule has 8 amide bonds. The molecule has 2 aromatic rings. The molecule has 0 radical (unpaired) electrons. The third-order valence-corrected chi connectivity index (χ3v) is 26.6. The van der Waals surface area contributed by atoms with Crippen LogP contribution in [0.25, 0.3) is 11.4 Å². The van der Waals surface area contributed by atoms with Gasteiger partial charge in [0.05, 0.1) is 123 Å². The number of anilines is 1. The van der Waals surface area contributed by atoms with Crippen molar-refractivity contribution in [3.8, 4) is 23.9 Å². The van der Waals surface area contributed by atoms with E-state index < -0.39 is 148 Å². The molecule has 2 aromatic carbocycles. The number of nitrogens with one attached hydrogen (secondary N) is 9. The first kappa shape index (κ1) is 123. The fourth-order valence-corrected chi connectivity index (χ4v) is 18.1. The molecule has 45 nitrogen and oxygen atoms in total. The van der Waals surface area contributed by atoms with E-state index in [0.717, 1.165) is 66.0 Å². The topological polar surface area (TPSA) is 603 Å². The lowest BCUT2D eigenvalue weighted by Gasteiger charge is -2.42. The smallest absolute Gasteiger partial charge is 0.395 e. The maximum absolute atomic E-state index is 14.8. The number of amides is 8. The van der Waals surface area contributed by atoms with Crippen LogP contribution >= 0.6 is 7.82 Å². The van der Waals surface area contributed by atoms with Crippen molar-refractivity contribution in [1.29, 1.82) is 0 Å². The number of piperidine rings is 1. The molecular weight excluding hydrogens is 1930 g/mol. The third-order valence-electron chi connectivity index (χ3n) is 25.4. The standard InChI is InChI=1S/C100H161N12O33P/c1-69(30-16-15-25-48-113)37-56-143-146(131,132-5)142-52-29-11-6-10-24-44-111-61-74-31-17-18-32-76(74)90-86(77-33-19-20-34-78(77)111)108-109-112(90)47-57-133-58-59-134-65-85(124)110-45-35-73(36-46-110)96(130)107-100(67-136-54-39-83(122)102-42-22-8-13-27-50-139-98-88(105-71(3)117)94(128)92(126)80(62-114)144-98,68-137-55-40-84(123)103-43-23-9-14-28-51-140-99-89(106-72(4)118)95(129)93(127)81(63-115)145-99)66-135-53-38-82(121)101-41-21-7-12-26-49-138-97-87(104-70(2)116)91(125)79(120)60-75(119)64-141-97/h17-20,31-34,69,73,75,79-81,87-89,91-95,97-99,108-109,113-115,119-120,125-129H,6-14,21-30,35-36,38-55,57-68H2,1-5H3,(H,101,121)(H,102,122)(H,103,123)(H,104,116)(H,105,117)(H,106,118)(H,107,130). The Hall–Kier alpha value is -8.47. The predicted molar refractivity (Wildman–Crippen MR) is 531 cm³/mol. The van der Waals surface area contributed by atoms with Crippen LogP contribution in [-0.4, -0.2) is 378 Å². The van der Waals surface area contributed by atoms with Crippen LogP contribution in [0.3, 0.4) is 0 Å². The molecule has 8 rings (SSSR count). The van der Waals surface area contributed by atoms with Crippen molar-refractivity contribution in [2.75, 3.05) is 177 Å². The zero-order chi connectivity index (χ0) is 105. The molecule has 0 saturated carbocycles. The maximum Gasteiger partial charge on any atom is 0.538 e. The highest BCUT2D eigenvalue weighted by atomic mass is 31.2. The van der Waals surface area contributed by atoms with Gasteiger partial charge >= 0.3 is 7.82 Å². The van der Waals surface area contributed by atoms with E-state index in [1.807, 2.05) is 36.2 Å². The van der Waals surface area contributed by atoms with E-state index in [0.29, 0.717) is 136 Å². The second kappa shape index (κ2) is 68.4. The van der Waals surface area contributed by atoms with Crippen molar-refractivity contribution in [2.45, 2.75) is 292 Å². The van der Waals surface area contributed by atoms with Crippen LogP contribution in [0.15, 0.2) is 48.5 Å². The summed E-state index contributed by atoms with van der Waals surface area (Å²) in [5, 5.41) is 123. The first-order valence-electron chi connectivity index (χ1n) is 51.4. The zero-order valence-corrected chi connectivity index (χ0v) is 86.0. The number of unbranched alkanes of at least 4 members (excludes halogenated alkanes) is 13. The van der Waals surface area contributed by atoms with Crippen molar-refractivity contribution < 1.29 is 160 Å². The molecule has 17 atom stereocenters. The van der Waals surface area contributed by atoms with Gasteiger partial charge in [-0.15, -0.1) is 17.4 Å². The third kappa shape index (κ3) is 43.5. The van der Waals surface area contributed by atoms with Crippen LogP contribution in [0, 0.1) is 35.7 Å². The average Bonchev–Trinajstić information content (AvgIpc) is 1.59. The van der Waals surface area contributed by atoms with Crippen LogP contribution in [0.1, 0.15) is 205 Å². The molecule has 0 spiro atoms. The monoisotopic (exact) mass is 2090 g/mol. The SMILES string of the molecule is COP(=O)(OC#CC(C)CC#CCCO)OCCCCCCCN1Cc2ccccc2C2=C(NNN2CCOCCOCC(=O)N2CCC(C(=O)NC(COCCC(=O)NCCCCCCOC3OCC(O)CC(O)C(O)C3NC(C)=O)(COCCC(=O)NCCCCCCOC3OC(CO)C(O)C(O)C3NC(C)=O)COCCC(=O)NCCCCCCOC3OC(CO)C(O)C(O)C3NC(C)=O)CC2)c2ccccc21. The van der Waals surface area contributed by atoms with Gasteiger partial charge in [0.15, 0.2) is 18.9 Å². The molecule has 4 saturated heterocycles. The second-order valence-electron chi connectivity index (χ2n) is 37.4. The quantitative estimate of drug-likeness (QED) is 0.0249. The number of para-hydroxylation sites is 1. The van der Waals surface area contributed by atoms with Gasteiger partial charge < -0.3 is 160 Å². The minimum Gasteiger partial charge on any atom is -0.395 e. The summed E-state index contributed by atoms with van der Waals surface area (Å²) < 4.78 is 94.2. The van der Waals surface area contributed by atoms with E-state index in [1.165, 1.54) is 27.9 Å². The number of ether oxygens (including phenoxy) is 11. The molecule has 4 fully saturated rings. The van der Waals surface area contributed by atoms with E-state index in [9.17, 15) is 88.9 Å². The number of carbonyl (C=O) groups is 8. The Morgan fingerprint density at radius 1 is 0.548 bits per heavy atom. The lowest BCUT2D eigenvalue weighted by atomic mass is 9.93. The first-order valence-corrected chi connectivity index (χ1v) is 52.8. The van der Waals surface area contributed by atoms with Gasteiger partial charge in [0.2, 0.25) is 47.3 Å². The molecule has 17 unspecified atom stereocenters. The number of hydrogen-bond acceptors (Lipinski definition) is 37. The van der Waals surface area contributed by atoms with Crippen molar-refractivity contribution in [3.05, 3.63) is 65.2 Å². The molecule has 0 bridgehead atoms. The molecule has 46 heteroatoms. The zero-order valence-electron chi connectivity index (χ0n) is 85.1. The van der Waals surface area contributed by atoms with Crippen LogP contribution < -0.4 is 53.1 Å². The van der Waals surface area contributed by atoms with Gasteiger partial charge in [-0.3, -0.25) is 52.4 Å². The lowest BCUT2D eigenvalue weighted by molar-refractivity contribution is -0.270. The molecule has 6 heterocycles. The number of nitrogens with zero attached hydrogens (tertiary/aromatic N) is 3. The van der Waals surface area contributed by atoms with E-state index in [2.05, 4.69) is 101 Å². The highest BCUT2D eigenvalue weighted by Gasteiger charge is 2.48. The van der Waals surface area contributed by atoms with Crippen molar-refractivity contribution >= 4 is 72.2 Å².